The van der Waals surface area contributed by atoms with Crippen molar-refractivity contribution in [2.75, 3.05) is 7.11 Å². The molecule has 3 aromatic rings. The Kier molecular flexibility index (Phi) is 6.71. The molecule has 1 aliphatic heterocycles. The molecule has 3 aromatic carbocycles. The van der Waals surface area contributed by atoms with Crippen molar-refractivity contribution in [2.45, 2.75) is 30.7 Å². The van der Waals surface area contributed by atoms with Crippen LogP contribution in [0, 0.1) is 0 Å². The lowest BCUT2D eigenvalue weighted by Crippen LogP contribution is -2.61. The maximum atomic E-state index is 12.0. The molecule has 0 amide bonds. The van der Waals surface area contributed by atoms with Crippen molar-refractivity contribution in [1.82, 2.24) is 0 Å². The molecule has 0 saturated carbocycles. The van der Waals surface area contributed by atoms with Gasteiger partial charge in [0.1, 0.15) is 24.1 Å². The molecule has 1 heterocycles. The predicted molar refractivity (Wildman–Crippen MR) is 120 cm³/mol. The fourth-order valence-electron chi connectivity index (χ4n) is 3.85. The number of aromatic hydroxyl groups is 2. The number of ether oxygens (including phenoxy) is 3. The zero-order valence-corrected chi connectivity index (χ0v) is 18.1. The number of rotatable bonds is 5. The van der Waals surface area contributed by atoms with Crippen LogP contribution in [0.15, 0.2) is 66.7 Å². The normalized spacial score (nSPS) is 24.4. The van der Waals surface area contributed by atoms with Gasteiger partial charge in [-0.2, -0.15) is 0 Å². The van der Waals surface area contributed by atoms with Crippen LogP contribution in [0.1, 0.15) is 0 Å². The van der Waals surface area contributed by atoms with Crippen molar-refractivity contribution in [3.63, 3.8) is 0 Å². The van der Waals surface area contributed by atoms with Crippen LogP contribution in [0.5, 0.6) is 17.2 Å². The Bertz CT molecular complexity index is 1150. The summed E-state index contributed by atoms with van der Waals surface area (Å²) in [5, 5.41) is 52.9. The molecular weight excluding hydrogens is 444 g/mol. The van der Waals surface area contributed by atoms with Crippen LogP contribution in [0.25, 0.3) is 22.3 Å². The number of esters is 1. The highest BCUT2D eigenvalue weighted by atomic mass is 16.7. The summed E-state index contributed by atoms with van der Waals surface area (Å²) in [6.45, 7) is 0. The zero-order chi connectivity index (χ0) is 24.4. The molecule has 0 spiro atoms. The maximum absolute atomic E-state index is 12.0. The Hall–Kier alpha value is -3.63. The molecule has 178 valence electrons. The molecular formula is C25H24O9. The molecule has 0 aromatic heterocycles. The Labute approximate surface area is 195 Å². The minimum absolute atomic E-state index is 0.0747. The van der Waals surface area contributed by atoms with Gasteiger partial charge in [0.15, 0.2) is 17.6 Å². The summed E-state index contributed by atoms with van der Waals surface area (Å²) in [7, 11) is 1.08. The third kappa shape index (κ3) is 4.29. The van der Waals surface area contributed by atoms with Crippen molar-refractivity contribution in [3.8, 4) is 39.5 Å². The van der Waals surface area contributed by atoms with Gasteiger partial charge in [-0.15, -0.1) is 0 Å². The Morgan fingerprint density at radius 1 is 0.853 bits per heavy atom. The molecule has 3 unspecified atom stereocenters. The van der Waals surface area contributed by atoms with E-state index in [-0.39, 0.29) is 22.6 Å². The smallest absolute Gasteiger partial charge is 0.337 e. The molecule has 0 radical (unpaired) electrons. The van der Waals surface area contributed by atoms with Crippen molar-refractivity contribution in [3.05, 3.63) is 66.7 Å². The van der Waals surface area contributed by atoms with Crippen LogP contribution in [-0.2, 0) is 14.3 Å². The number of aliphatic hydroxyl groups is 3. The Morgan fingerprint density at radius 3 is 2.03 bits per heavy atom. The monoisotopic (exact) mass is 468 g/mol. The largest absolute Gasteiger partial charge is 0.507 e. The number of phenolic OH excluding ortho intramolecular Hbond substituents is 2. The van der Waals surface area contributed by atoms with E-state index in [9.17, 15) is 30.3 Å². The fraction of sp³-hybridized carbons (Fsp3) is 0.240. The number of hydrogen-bond acceptors (Lipinski definition) is 9. The van der Waals surface area contributed by atoms with Gasteiger partial charge in [0.05, 0.1) is 12.7 Å². The van der Waals surface area contributed by atoms with Crippen LogP contribution in [0.4, 0.5) is 0 Å². The van der Waals surface area contributed by atoms with E-state index in [1.54, 1.807) is 60.7 Å². The number of methoxy groups -OCH3 is 1. The second kappa shape index (κ2) is 9.70. The second-order valence-corrected chi connectivity index (χ2v) is 7.77. The van der Waals surface area contributed by atoms with Crippen LogP contribution in [0.2, 0.25) is 0 Å². The molecule has 5 atom stereocenters. The van der Waals surface area contributed by atoms with Crippen molar-refractivity contribution in [2.24, 2.45) is 0 Å². The zero-order valence-electron chi connectivity index (χ0n) is 18.1. The van der Waals surface area contributed by atoms with Gasteiger partial charge < -0.3 is 39.7 Å². The van der Waals surface area contributed by atoms with E-state index >= 15 is 0 Å². The molecule has 5 N–H and O–H groups in total. The number of benzene rings is 3. The molecule has 1 fully saturated rings. The van der Waals surface area contributed by atoms with E-state index < -0.39 is 42.4 Å². The predicted octanol–water partition coefficient (Wildman–Crippen LogP) is 1.79. The van der Waals surface area contributed by atoms with Gasteiger partial charge in [-0.05, 0) is 17.2 Å². The molecule has 9 nitrogen and oxygen atoms in total. The number of phenols is 2. The molecule has 9 heteroatoms. The molecule has 1 saturated heterocycles. The lowest BCUT2D eigenvalue weighted by molar-refractivity contribution is -0.271. The first kappa shape index (κ1) is 23.5. The summed E-state index contributed by atoms with van der Waals surface area (Å²) in [6, 6.07) is 18.7. The van der Waals surface area contributed by atoms with Gasteiger partial charge in [-0.25, -0.2) is 4.79 Å². The Morgan fingerprint density at radius 2 is 1.44 bits per heavy atom. The number of carbonyl (C=O) groups is 1. The lowest BCUT2D eigenvalue weighted by atomic mass is 9.96. The summed E-state index contributed by atoms with van der Waals surface area (Å²) in [5.74, 6) is -1.81. The quantitative estimate of drug-likeness (QED) is 0.354. The first-order valence-corrected chi connectivity index (χ1v) is 10.5. The van der Waals surface area contributed by atoms with Gasteiger partial charge >= 0.3 is 5.97 Å². The van der Waals surface area contributed by atoms with Gasteiger partial charge in [0.2, 0.25) is 6.29 Å². The SMILES string of the molecule is COC(=O)C1O[C@H](Oc2c(-c3ccccc3)cc(O)c(-c3ccccc3)c2O)C(O)[C@@H](O)C1O. The third-order valence-corrected chi connectivity index (χ3v) is 5.62. The lowest BCUT2D eigenvalue weighted by Gasteiger charge is -2.39. The highest BCUT2D eigenvalue weighted by molar-refractivity contribution is 5.87. The van der Waals surface area contributed by atoms with E-state index in [1.165, 1.54) is 6.07 Å². The van der Waals surface area contributed by atoms with Crippen LogP contribution < -0.4 is 4.74 Å². The van der Waals surface area contributed by atoms with Gasteiger partial charge in [0, 0.05) is 5.56 Å². The van der Waals surface area contributed by atoms with Gasteiger partial charge in [-0.1, -0.05) is 60.7 Å². The summed E-state index contributed by atoms with van der Waals surface area (Å²) in [5.41, 5.74) is 1.40. The van der Waals surface area contributed by atoms with Crippen LogP contribution in [0.3, 0.4) is 0 Å². The van der Waals surface area contributed by atoms with Gasteiger partial charge in [0.25, 0.3) is 0 Å². The van der Waals surface area contributed by atoms with Crippen molar-refractivity contribution < 1.29 is 44.5 Å². The van der Waals surface area contributed by atoms with E-state index in [1.807, 2.05) is 0 Å². The third-order valence-electron chi connectivity index (χ3n) is 5.62. The first-order chi connectivity index (χ1) is 16.3. The van der Waals surface area contributed by atoms with Gasteiger partial charge in [-0.3, -0.25) is 0 Å². The molecule has 0 aliphatic carbocycles. The van der Waals surface area contributed by atoms with E-state index in [2.05, 4.69) is 4.74 Å². The van der Waals surface area contributed by atoms with E-state index in [4.69, 9.17) is 9.47 Å². The summed E-state index contributed by atoms with van der Waals surface area (Å²) >= 11 is 0. The highest BCUT2D eigenvalue weighted by Gasteiger charge is 2.49. The van der Waals surface area contributed by atoms with Crippen LogP contribution >= 0.6 is 0 Å². The number of hydrogen-bond donors (Lipinski definition) is 5. The maximum Gasteiger partial charge on any atom is 0.337 e. The second-order valence-electron chi connectivity index (χ2n) is 7.77. The Balaban J connectivity index is 1.83. The van der Waals surface area contributed by atoms with Crippen molar-refractivity contribution >= 4 is 5.97 Å². The number of aliphatic hydroxyl groups excluding tert-OH is 3. The number of carbonyl (C=O) groups excluding carboxylic acids is 1. The molecule has 34 heavy (non-hydrogen) atoms. The summed E-state index contributed by atoms with van der Waals surface area (Å²) in [4.78, 5) is 12.0. The minimum atomic E-state index is -1.80. The molecule has 0 bridgehead atoms. The topological polar surface area (TPSA) is 146 Å². The average molecular weight is 468 g/mol. The standard InChI is InChI=1S/C25H24O9/c1-32-24(31)23-20(29)19(28)21(30)25(34-23)33-22-15(13-8-4-2-5-9-13)12-16(26)17(18(22)27)14-10-6-3-7-11-14/h2-12,19-21,23,25-30H,1H3/t19-,20?,21?,23?,25-/m0/s1. The van der Waals surface area contributed by atoms with Crippen LogP contribution in [-0.4, -0.2) is 69.3 Å². The fourth-order valence-corrected chi connectivity index (χ4v) is 3.85. The van der Waals surface area contributed by atoms with E-state index in [0.717, 1.165) is 7.11 Å². The minimum Gasteiger partial charge on any atom is -0.507 e. The first-order valence-electron chi connectivity index (χ1n) is 10.5. The average Bonchev–Trinajstić information content (AvgIpc) is 2.86. The van der Waals surface area contributed by atoms with E-state index in [0.29, 0.717) is 11.1 Å². The summed E-state index contributed by atoms with van der Waals surface area (Å²) in [6.07, 6.45) is -8.63. The molecule has 1 aliphatic rings. The van der Waals surface area contributed by atoms with Crippen molar-refractivity contribution in [1.29, 1.82) is 0 Å². The molecule has 4 rings (SSSR count). The highest BCUT2D eigenvalue weighted by Crippen LogP contribution is 2.49. The summed E-state index contributed by atoms with van der Waals surface area (Å²) < 4.78 is 15.9.